The third kappa shape index (κ3) is 7.19. The van der Waals surface area contributed by atoms with Gasteiger partial charge in [-0.3, -0.25) is 9.59 Å². The maximum Gasteiger partial charge on any atom is 0.326 e. The average molecular weight is 288 g/mol. The Morgan fingerprint density at radius 3 is 2.15 bits per heavy atom. The molecule has 0 spiro atoms. The zero-order valence-corrected chi connectivity index (χ0v) is 11.7. The minimum atomic E-state index is -1.42. The van der Waals surface area contributed by atoms with Crippen molar-refractivity contribution in [1.29, 1.82) is 0 Å². The van der Waals surface area contributed by atoms with Crippen molar-refractivity contribution in [2.75, 3.05) is 13.6 Å². The summed E-state index contributed by atoms with van der Waals surface area (Å²) in [5.41, 5.74) is 4.89. The smallest absolute Gasteiger partial charge is 0.326 e. The van der Waals surface area contributed by atoms with Crippen LogP contribution in [0.15, 0.2) is 0 Å². The van der Waals surface area contributed by atoms with Crippen LogP contribution in [-0.4, -0.2) is 59.5 Å². The van der Waals surface area contributed by atoms with Crippen LogP contribution < -0.4 is 16.4 Å². The van der Waals surface area contributed by atoms with Crippen LogP contribution in [0.2, 0.25) is 0 Å². The standard InChI is InChI=1S/C11H20N4O5/c1-6(2)13-9(17)5-15(3)11(20)14-7(10(18)19)4-8(12)16/h6-7H,4-5H2,1-3H3,(H2,12,16)(H,13,17)(H,14,20)(H,18,19)/t7-/m1/s1. The number of urea groups is 1. The first kappa shape index (κ1) is 17.7. The molecule has 1 atom stereocenters. The van der Waals surface area contributed by atoms with Gasteiger partial charge < -0.3 is 26.4 Å². The minimum Gasteiger partial charge on any atom is -0.480 e. The Hall–Kier alpha value is -2.32. The summed E-state index contributed by atoms with van der Waals surface area (Å²) in [6.07, 6.45) is -0.521. The molecule has 0 saturated carbocycles. The maximum absolute atomic E-state index is 11.7. The number of rotatable bonds is 7. The normalized spacial score (nSPS) is 11.6. The maximum atomic E-state index is 11.7. The first-order valence-electron chi connectivity index (χ1n) is 5.95. The lowest BCUT2D eigenvalue weighted by molar-refractivity contribution is -0.140. The zero-order valence-electron chi connectivity index (χ0n) is 11.7. The van der Waals surface area contributed by atoms with Gasteiger partial charge in [-0.1, -0.05) is 0 Å². The molecule has 0 bridgehead atoms. The van der Waals surface area contributed by atoms with Gasteiger partial charge in [0.2, 0.25) is 11.8 Å². The Morgan fingerprint density at radius 2 is 1.75 bits per heavy atom. The van der Waals surface area contributed by atoms with Crippen molar-refractivity contribution in [3.8, 4) is 0 Å². The number of nitrogens with zero attached hydrogens (tertiary/aromatic N) is 1. The summed E-state index contributed by atoms with van der Waals surface area (Å²) < 4.78 is 0. The van der Waals surface area contributed by atoms with Gasteiger partial charge in [-0.15, -0.1) is 0 Å². The van der Waals surface area contributed by atoms with E-state index in [9.17, 15) is 19.2 Å². The molecule has 0 aromatic rings. The molecule has 114 valence electrons. The molecule has 0 rings (SSSR count). The fraction of sp³-hybridized carbons (Fsp3) is 0.636. The quantitative estimate of drug-likeness (QED) is 0.450. The summed E-state index contributed by atoms with van der Waals surface area (Å²) in [5.74, 6) is -2.60. The molecule has 0 saturated heterocycles. The monoisotopic (exact) mass is 288 g/mol. The van der Waals surface area contributed by atoms with Gasteiger partial charge in [0.25, 0.3) is 0 Å². The Labute approximate surface area is 116 Å². The third-order valence-corrected chi connectivity index (χ3v) is 2.18. The number of aliphatic carboxylic acids is 1. The lowest BCUT2D eigenvalue weighted by Gasteiger charge is -2.21. The zero-order chi connectivity index (χ0) is 15.9. The van der Waals surface area contributed by atoms with Crippen molar-refractivity contribution < 1.29 is 24.3 Å². The molecule has 5 N–H and O–H groups in total. The van der Waals surface area contributed by atoms with Gasteiger partial charge in [0.15, 0.2) is 0 Å². The molecular weight excluding hydrogens is 268 g/mol. The number of primary amides is 1. The number of carboxylic acids is 1. The van der Waals surface area contributed by atoms with Gasteiger partial charge in [-0.25, -0.2) is 9.59 Å². The Bertz CT molecular complexity index is 396. The highest BCUT2D eigenvalue weighted by Gasteiger charge is 2.24. The van der Waals surface area contributed by atoms with Crippen molar-refractivity contribution in [3.05, 3.63) is 0 Å². The molecule has 9 heteroatoms. The summed E-state index contributed by atoms with van der Waals surface area (Å²) in [7, 11) is 1.33. The second kappa shape index (κ2) is 7.97. The lowest BCUT2D eigenvalue weighted by atomic mass is 10.2. The number of nitrogens with one attached hydrogen (secondary N) is 2. The first-order chi connectivity index (χ1) is 9.13. The van der Waals surface area contributed by atoms with E-state index in [-0.39, 0.29) is 18.5 Å². The number of nitrogens with two attached hydrogens (primary N) is 1. The molecule has 0 fully saturated rings. The second-order valence-electron chi connectivity index (χ2n) is 4.59. The predicted molar refractivity (Wildman–Crippen MR) is 69.7 cm³/mol. The lowest BCUT2D eigenvalue weighted by Crippen LogP contribution is -2.50. The number of carboxylic acid groups (broad SMARTS) is 1. The molecule has 0 aliphatic rings. The summed E-state index contributed by atoms with van der Waals surface area (Å²) in [6.45, 7) is 3.31. The topological polar surface area (TPSA) is 142 Å². The number of amides is 4. The van der Waals surface area contributed by atoms with Gasteiger partial charge in [-0.2, -0.15) is 0 Å². The van der Waals surface area contributed by atoms with E-state index in [0.717, 1.165) is 4.90 Å². The second-order valence-corrected chi connectivity index (χ2v) is 4.59. The van der Waals surface area contributed by atoms with Crippen molar-refractivity contribution in [3.63, 3.8) is 0 Å². The van der Waals surface area contributed by atoms with E-state index >= 15 is 0 Å². The van der Waals surface area contributed by atoms with E-state index in [1.54, 1.807) is 13.8 Å². The Morgan fingerprint density at radius 1 is 1.20 bits per heavy atom. The highest BCUT2D eigenvalue weighted by atomic mass is 16.4. The molecule has 0 aliphatic carbocycles. The number of carbonyl (C=O) groups excluding carboxylic acids is 3. The summed E-state index contributed by atoms with van der Waals surface area (Å²) in [5, 5.41) is 13.5. The van der Waals surface area contributed by atoms with Crippen LogP contribution in [-0.2, 0) is 14.4 Å². The van der Waals surface area contributed by atoms with Crippen LogP contribution in [0.5, 0.6) is 0 Å². The predicted octanol–water partition coefficient (Wildman–Crippen LogP) is -1.52. The minimum absolute atomic E-state index is 0.0689. The number of carbonyl (C=O) groups is 4. The van der Waals surface area contributed by atoms with Gasteiger partial charge >= 0.3 is 12.0 Å². The third-order valence-electron chi connectivity index (χ3n) is 2.18. The molecular formula is C11H20N4O5. The largest absolute Gasteiger partial charge is 0.480 e. The van der Waals surface area contributed by atoms with E-state index in [0.29, 0.717) is 0 Å². The molecule has 20 heavy (non-hydrogen) atoms. The van der Waals surface area contributed by atoms with Crippen molar-refractivity contribution in [2.45, 2.75) is 32.4 Å². The first-order valence-corrected chi connectivity index (χ1v) is 5.95. The number of hydrogen-bond donors (Lipinski definition) is 4. The molecule has 0 aromatic carbocycles. The molecule has 0 aromatic heterocycles. The summed E-state index contributed by atoms with van der Waals surface area (Å²) in [4.78, 5) is 45.7. The fourth-order valence-electron chi connectivity index (χ4n) is 1.32. The molecule has 0 aliphatic heterocycles. The van der Waals surface area contributed by atoms with Crippen LogP contribution in [0.25, 0.3) is 0 Å². The summed E-state index contributed by atoms with van der Waals surface area (Å²) >= 11 is 0. The molecule has 0 unspecified atom stereocenters. The van der Waals surface area contributed by atoms with E-state index in [1.807, 2.05) is 0 Å². The van der Waals surface area contributed by atoms with Crippen LogP contribution in [0, 0.1) is 0 Å². The molecule has 0 radical (unpaired) electrons. The average Bonchev–Trinajstić information content (AvgIpc) is 2.25. The van der Waals surface area contributed by atoms with E-state index in [2.05, 4.69) is 10.6 Å². The van der Waals surface area contributed by atoms with Crippen LogP contribution >= 0.6 is 0 Å². The van der Waals surface area contributed by atoms with Gasteiger partial charge in [0, 0.05) is 13.1 Å². The van der Waals surface area contributed by atoms with Crippen LogP contribution in [0.4, 0.5) is 4.79 Å². The van der Waals surface area contributed by atoms with E-state index in [4.69, 9.17) is 10.8 Å². The molecule has 4 amide bonds. The van der Waals surface area contributed by atoms with E-state index in [1.165, 1.54) is 7.05 Å². The SMILES string of the molecule is CC(C)NC(=O)CN(C)C(=O)N[C@H](CC(N)=O)C(=O)O. The van der Waals surface area contributed by atoms with Crippen LogP contribution in [0.3, 0.4) is 0 Å². The summed E-state index contributed by atoms with van der Waals surface area (Å²) in [6, 6.07) is -2.27. The van der Waals surface area contributed by atoms with Crippen LogP contribution in [0.1, 0.15) is 20.3 Å². The Balaban J connectivity index is 4.45. The van der Waals surface area contributed by atoms with Gasteiger partial charge in [-0.05, 0) is 13.8 Å². The van der Waals surface area contributed by atoms with Gasteiger partial charge in [0.1, 0.15) is 12.6 Å². The highest BCUT2D eigenvalue weighted by Crippen LogP contribution is 1.95. The molecule has 0 heterocycles. The Kier molecular flexibility index (Phi) is 7.05. The fourth-order valence-corrected chi connectivity index (χ4v) is 1.32. The van der Waals surface area contributed by atoms with E-state index < -0.39 is 30.4 Å². The number of hydrogen-bond acceptors (Lipinski definition) is 4. The molecule has 9 nitrogen and oxygen atoms in total. The van der Waals surface area contributed by atoms with Crippen molar-refractivity contribution in [2.24, 2.45) is 5.73 Å². The highest BCUT2D eigenvalue weighted by molar-refractivity contribution is 5.89. The van der Waals surface area contributed by atoms with Crippen molar-refractivity contribution >= 4 is 23.8 Å². The van der Waals surface area contributed by atoms with Gasteiger partial charge in [0.05, 0.1) is 6.42 Å². The number of likely N-dealkylation sites (N-methyl/N-ethyl adjacent to an activating group) is 1. The van der Waals surface area contributed by atoms with Crippen molar-refractivity contribution in [1.82, 2.24) is 15.5 Å².